The number of carbonyl (C=O) groups is 1. The van der Waals surface area contributed by atoms with Gasteiger partial charge in [-0.25, -0.2) is 8.42 Å². The van der Waals surface area contributed by atoms with E-state index in [0.717, 1.165) is 0 Å². The number of carboxylic acids is 1. The first kappa shape index (κ1) is 13.4. The third-order valence-electron chi connectivity index (χ3n) is 2.10. The Morgan fingerprint density at radius 1 is 1.36 bits per heavy atom. The molecular formula is C8H17NO4S. The molecule has 0 amide bonds. The van der Waals surface area contributed by atoms with E-state index in [-0.39, 0.29) is 5.75 Å². The van der Waals surface area contributed by atoms with Gasteiger partial charge in [0, 0.05) is 6.54 Å². The molecule has 0 atom stereocenters. The Morgan fingerprint density at radius 2 is 1.79 bits per heavy atom. The van der Waals surface area contributed by atoms with Crippen LogP contribution in [0.15, 0.2) is 0 Å². The van der Waals surface area contributed by atoms with Crippen LogP contribution in [0.3, 0.4) is 0 Å². The van der Waals surface area contributed by atoms with E-state index >= 15 is 0 Å². The maximum absolute atomic E-state index is 11.6. The molecule has 0 aromatic rings. The second-order valence-electron chi connectivity index (χ2n) is 3.94. The standard InChI is InChI=1S/C8H17NO4S/c1-8(2,7(10)11)14(12,13)6-5-9(3)4/h5-6H2,1-4H3,(H,10,11). The topological polar surface area (TPSA) is 74.7 Å². The molecule has 0 heterocycles. The van der Waals surface area contributed by atoms with Crippen molar-refractivity contribution >= 4 is 15.8 Å². The zero-order valence-corrected chi connectivity index (χ0v) is 9.76. The third kappa shape index (κ3) is 2.95. The molecule has 0 saturated carbocycles. The van der Waals surface area contributed by atoms with Crippen molar-refractivity contribution in [2.45, 2.75) is 18.6 Å². The van der Waals surface area contributed by atoms with Gasteiger partial charge in [0.2, 0.25) is 0 Å². The Hall–Kier alpha value is -0.620. The van der Waals surface area contributed by atoms with E-state index in [9.17, 15) is 13.2 Å². The van der Waals surface area contributed by atoms with E-state index in [1.807, 2.05) is 0 Å². The second-order valence-corrected chi connectivity index (χ2v) is 6.60. The SMILES string of the molecule is CN(C)CCS(=O)(=O)C(C)(C)C(=O)O. The van der Waals surface area contributed by atoms with Crippen molar-refractivity contribution in [1.82, 2.24) is 4.90 Å². The fourth-order valence-corrected chi connectivity index (χ4v) is 2.07. The van der Waals surface area contributed by atoms with E-state index in [1.54, 1.807) is 19.0 Å². The van der Waals surface area contributed by atoms with Gasteiger partial charge in [-0.05, 0) is 27.9 Å². The minimum Gasteiger partial charge on any atom is -0.480 e. The van der Waals surface area contributed by atoms with Crippen LogP contribution in [0.1, 0.15) is 13.8 Å². The lowest BCUT2D eigenvalue weighted by Crippen LogP contribution is -2.43. The first-order valence-corrected chi connectivity index (χ1v) is 5.87. The molecule has 0 unspecified atom stereocenters. The Morgan fingerprint density at radius 3 is 2.07 bits per heavy atom. The van der Waals surface area contributed by atoms with Gasteiger partial charge in [-0.3, -0.25) is 4.79 Å². The van der Waals surface area contributed by atoms with Crippen LogP contribution in [-0.4, -0.2) is 55.5 Å². The highest BCUT2D eigenvalue weighted by molar-refractivity contribution is 7.93. The predicted molar refractivity (Wildman–Crippen MR) is 54.1 cm³/mol. The van der Waals surface area contributed by atoms with Gasteiger partial charge in [-0.2, -0.15) is 0 Å². The fourth-order valence-electron chi connectivity index (χ4n) is 0.691. The minimum absolute atomic E-state index is 0.140. The molecule has 0 aromatic carbocycles. The lowest BCUT2D eigenvalue weighted by Gasteiger charge is -2.20. The molecule has 1 N–H and O–H groups in total. The van der Waals surface area contributed by atoms with Crippen molar-refractivity contribution in [3.63, 3.8) is 0 Å². The highest BCUT2D eigenvalue weighted by atomic mass is 32.2. The molecule has 0 radical (unpaired) electrons. The van der Waals surface area contributed by atoms with Crippen LogP contribution < -0.4 is 0 Å². The van der Waals surface area contributed by atoms with Crippen molar-refractivity contribution < 1.29 is 18.3 Å². The first-order valence-electron chi connectivity index (χ1n) is 4.21. The van der Waals surface area contributed by atoms with E-state index in [2.05, 4.69) is 0 Å². The minimum atomic E-state index is -3.60. The van der Waals surface area contributed by atoms with E-state index in [0.29, 0.717) is 6.54 Å². The zero-order valence-electron chi connectivity index (χ0n) is 8.94. The molecule has 0 bridgehead atoms. The molecule has 0 rings (SSSR count). The zero-order chi connectivity index (χ0) is 11.6. The Kier molecular flexibility index (Phi) is 4.08. The summed E-state index contributed by atoms with van der Waals surface area (Å²) in [5.74, 6) is -1.45. The molecule has 0 aliphatic rings. The molecule has 0 aliphatic heterocycles. The maximum Gasteiger partial charge on any atom is 0.324 e. The van der Waals surface area contributed by atoms with Crippen LogP contribution in [0, 0.1) is 0 Å². The second kappa shape index (κ2) is 4.27. The van der Waals surface area contributed by atoms with Crippen molar-refractivity contribution in [1.29, 1.82) is 0 Å². The predicted octanol–water partition coefficient (Wildman–Crippen LogP) is -0.174. The largest absolute Gasteiger partial charge is 0.480 e. The lowest BCUT2D eigenvalue weighted by molar-refractivity contribution is -0.139. The molecule has 5 nitrogen and oxygen atoms in total. The average Bonchev–Trinajstić information content (AvgIpc) is 2.00. The molecule has 0 saturated heterocycles. The quantitative estimate of drug-likeness (QED) is 0.700. The summed E-state index contributed by atoms with van der Waals surface area (Å²) < 4.78 is 21.5. The van der Waals surface area contributed by atoms with E-state index < -0.39 is 20.6 Å². The third-order valence-corrected chi connectivity index (χ3v) is 4.55. The van der Waals surface area contributed by atoms with Crippen molar-refractivity contribution in [3.05, 3.63) is 0 Å². The van der Waals surface area contributed by atoms with Gasteiger partial charge < -0.3 is 10.0 Å². The lowest BCUT2D eigenvalue weighted by atomic mass is 10.2. The number of aliphatic carboxylic acids is 1. The van der Waals surface area contributed by atoms with Crippen molar-refractivity contribution in [2.24, 2.45) is 0 Å². The number of rotatable bonds is 5. The Bertz CT molecular complexity index is 305. The summed E-state index contributed by atoms with van der Waals surface area (Å²) in [6.45, 7) is 2.75. The van der Waals surface area contributed by atoms with E-state index in [4.69, 9.17) is 5.11 Å². The summed E-state index contributed by atoms with van der Waals surface area (Å²) in [7, 11) is -0.117. The number of hydrogen-bond acceptors (Lipinski definition) is 4. The maximum atomic E-state index is 11.6. The van der Waals surface area contributed by atoms with E-state index in [1.165, 1.54) is 13.8 Å². The molecule has 0 aromatic heterocycles. The van der Waals surface area contributed by atoms with Gasteiger partial charge in [0.05, 0.1) is 5.75 Å². The van der Waals surface area contributed by atoms with Crippen LogP contribution in [0.5, 0.6) is 0 Å². The summed E-state index contributed by atoms with van der Waals surface area (Å²) in [6.07, 6.45) is 0. The summed E-state index contributed by atoms with van der Waals surface area (Å²) in [5, 5.41) is 8.75. The summed E-state index contributed by atoms with van der Waals surface area (Å²) in [4.78, 5) is 12.4. The molecule has 6 heteroatoms. The van der Waals surface area contributed by atoms with Crippen LogP contribution in [0.2, 0.25) is 0 Å². The molecule has 0 aliphatic carbocycles. The highest BCUT2D eigenvalue weighted by Gasteiger charge is 2.41. The Labute approximate surface area is 84.6 Å². The number of sulfone groups is 1. The van der Waals surface area contributed by atoms with Gasteiger partial charge in [0.25, 0.3) is 0 Å². The molecular weight excluding hydrogens is 206 g/mol. The number of carboxylic acid groups (broad SMARTS) is 1. The fraction of sp³-hybridized carbons (Fsp3) is 0.875. The van der Waals surface area contributed by atoms with Gasteiger partial charge >= 0.3 is 5.97 Å². The molecule has 0 fully saturated rings. The van der Waals surface area contributed by atoms with Gasteiger partial charge in [0.1, 0.15) is 0 Å². The van der Waals surface area contributed by atoms with Crippen LogP contribution in [0.4, 0.5) is 0 Å². The average molecular weight is 223 g/mol. The van der Waals surface area contributed by atoms with Gasteiger partial charge in [0.15, 0.2) is 14.6 Å². The van der Waals surface area contributed by atoms with Gasteiger partial charge in [-0.1, -0.05) is 0 Å². The van der Waals surface area contributed by atoms with Gasteiger partial charge in [-0.15, -0.1) is 0 Å². The summed E-state index contributed by atoms with van der Waals surface area (Å²) in [6, 6.07) is 0. The smallest absolute Gasteiger partial charge is 0.324 e. The normalized spacial score (nSPS) is 13.2. The van der Waals surface area contributed by atoms with Crippen LogP contribution in [-0.2, 0) is 14.6 Å². The molecule has 0 spiro atoms. The first-order chi connectivity index (χ1) is 6.11. The van der Waals surface area contributed by atoms with Crippen LogP contribution in [0.25, 0.3) is 0 Å². The van der Waals surface area contributed by atoms with Crippen LogP contribution >= 0.6 is 0 Å². The summed E-state index contributed by atoms with van der Waals surface area (Å²) in [5.41, 5.74) is 0. The molecule has 84 valence electrons. The monoisotopic (exact) mass is 223 g/mol. The van der Waals surface area contributed by atoms with Crippen molar-refractivity contribution in [3.8, 4) is 0 Å². The Balaban J connectivity index is 4.71. The number of hydrogen-bond donors (Lipinski definition) is 1. The molecule has 14 heavy (non-hydrogen) atoms. The number of nitrogens with zero attached hydrogens (tertiary/aromatic N) is 1. The van der Waals surface area contributed by atoms with Crippen molar-refractivity contribution in [2.75, 3.05) is 26.4 Å². The summed E-state index contributed by atoms with van der Waals surface area (Å²) >= 11 is 0. The highest BCUT2D eigenvalue weighted by Crippen LogP contribution is 2.17.